The maximum absolute atomic E-state index is 3.78. The van der Waals surface area contributed by atoms with Crippen molar-refractivity contribution in [2.45, 2.75) is 11.8 Å². The molecule has 2 aromatic carbocycles. The van der Waals surface area contributed by atoms with Crippen molar-refractivity contribution in [3.63, 3.8) is 0 Å². The molecule has 0 nitrogen and oxygen atoms in total. The predicted octanol–water partition coefficient (Wildman–Crippen LogP) is 5.85. The summed E-state index contributed by atoms with van der Waals surface area (Å²) in [7, 11) is 0. The molecule has 1 unspecified atom stereocenters. The van der Waals surface area contributed by atoms with Gasteiger partial charge in [0.25, 0.3) is 0 Å². The Kier molecular flexibility index (Phi) is 4.66. The molecule has 0 bridgehead atoms. The standard InChI is InChI=1S/C14H11Br2I/c1-9-3-2-4-12(14(9)17)13(16)10-5-7-11(15)8-6-10/h2-8,13H,1H3. The number of aryl methyl sites for hydroxylation is 1. The zero-order valence-electron chi connectivity index (χ0n) is 9.25. The fourth-order valence-electron chi connectivity index (χ4n) is 1.68. The second-order valence-corrected chi connectivity index (χ2v) is 6.80. The Bertz CT molecular complexity index is 520. The number of hydrogen-bond acceptors (Lipinski definition) is 0. The predicted molar refractivity (Wildman–Crippen MR) is 88.8 cm³/mol. The Morgan fingerprint density at radius 1 is 1.06 bits per heavy atom. The Labute approximate surface area is 132 Å². The minimum absolute atomic E-state index is 0.252. The molecule has 0 heterocycles. The highest BCUT2D eigenvalue weighted by Gasteiger charge is 2.14. The van der Waals surface area contributed by atoms with Crippen LogP contribution in [-0.4, -0.2) is 0 Å². The van der Waals surface area contributed by atoms with E-state index < -0.39 is 0 Å². The summed E-state index contributed by atoms with van der Waals surface area (Å²) in [6.45, 7) is 2.15. The van der Waals surface area contributed by atoms with Gasteiger partial charge in [-0.1, -0.05) is 62.2 Å². The molecule has 0 saturated carbocycles. The van der Waals surface area contributed by atoms with E-state index in [0.717, 1.165) is 4.47 Å². The van der Waals surface area contributed by atoms with E-state index in [2.05, 4.69) is 104 Å². The first-order chi connectivity index (χ1) is 8.09. The molecule has 1 atom stereocenters. The van der Waals surface area contributed by atoms with Crippen molar-refractivity contribution in [3.05, 3.63) is 67.2 Å². The summed E-state index contributed by atoms with van der Waals surface area (Å²) in [4.78, 5) is 0.252. The fourth-order valence-corrected chi connectivity index (χ4v) is 3.73. The molecule has 0 N–H and O–H groups in total. The first-order valence-electron chi connectivity index (χ1n) is 5.24. The van der Waals surface area contributed by atoms with Crippen molar-refractivity contribution < 1.29 is 0 Å². The summed E-state index contributed by atoms with van der Waals surface area (Å²) >= 11 is 9.66. The van der Waals surface area contributed by atoms with Gasteiger partial charge in [0.15, 0.2) is 0 Å². The van der Waals surface area contributed by atoms with Crippen LogP contribution in [0, 0.1) is 10.5 Å². The molecule has 0 saturated heterocycles. The molecule has 0 radical (unpaired) electrons. The third kappa shape index (κ3) is 3.12. The van der Waals surface area contributed by atoms with Crippen LogP contribution in [0.5, 0.6) is 0 Å². The van der Waals surface area contributed by atoms with E-state index in [4.69, 9.17) is 0 Å². The van der Waals surface area contributed by atoms with Crippen LogP contribution in [0.1, 0.15) is 21.5 Å². The topological polar surface area (TPSA) is 0 Å². The largest absolute Gasteiger partial charge is 0.0786 e. The monoisotopic (exact) mass is 464 g/mol. The molecule has 0 aromatic heterocycles. The average Bonchev–Trinajstić information content (AvgIpc) is 2.33. The molecule has 0 spiro atoms. The Morgan fingerprint density at radius 2 is 1.71 bits per heavy atom. The van der Waals surface area contributed by atoms with Gasteiger partial charge in [0.2, 0.25) is 0 Å². The second kappa shape index (κ2) is 5.85. The normalized spacial score (nSPS) is 12.5. The zero-order valence-corrected chi connectivity index (χ0v) is 14.6. The first-order valence-corrected chi connectivity index (χ1v) is 8.03. The van der Waals surface area contributed by atoms with Crippen molar-refractivity contribution in [1.82, 2.24) is 0 Å². The Balaban J connectivity index is 2.40. The molecular weight excluding hydrogens is 455 g/mol. The molecule has 88 valence electrons. The van der Waals surface area contributed by atoms with Crippen LogP contribution in [0.15, 0.2) is 46.9 Å². The Hall–Kier alpha value is 0.130. The molecule has 0 fully saturated rings. The highest BCUT2D eigenvalue weighted by molar-refractivity contribution is 14.1. The smallest absolute Gasteiger partial charge is 0.0655 e. The van der Waals surface area contributed by atoms with E-state index in [1.165, 1.54) is 20.3 Å². The summed E-state index contributed by atoms with van der Waals surface area (Å²) in [5.74, 6) is 0. The molecule has 3 heteroatoms. The number of rotatable bonds is 2. The van der Waals surface area contributed by atoms with Crippen molar-refractivity contribution in [1.29, 1.82) is 0 Å². The van der Waals surface area contributed by atoms with Gasteiger partial charge in [-0.2, -0.15) is 0 Å². The van der Waals surface area contributed by atoms with Crippen LogP contribution in [-0.2, 0) is 0 Å². The van der Waals surface area contributed by atoms with Crippen LogP contribution in [0.4, 0.5) is 0 Å². The van der Waals surface area contributed by atoms with Gasteiger partial charge in [-0.15, -0.1) is 0 Å². The van der Waals surface area contributed by atoms with Crippen LogP contribution >= 0.6 is 54.5 Å². The molecule has 0 aliphatic carbocycles. The highest BCUT2D eigenvalue weighted by Crippen LogP contribution is 2.35. The van der Waals surface area contributed by atoms with Crippen molar-refractivity contribution >= 4 is 54.5 Å². The minimum Gasteiger partial charge on any atom is -0.0786 e. The summed E-state index contributed by atoms with van der Waals surface area (Å²) in [6.07, 6.45) is 0. The molecule has 17 heavy (non-hydrogen) atoms. The lowest BCUT2D eigenvalue weighted by Crippen LogP contribution is -1.97. The molecule has 0 amide bonds. The van der Waals surface area contributed by atoms with Gasteiger partial charge < -0.3 is 0 Å². The van der Waals surface area contributed by atoms with Crippen molar-refractivity contribution in [2.75, 3.05) is 0 Å². The van der Waals surface area contributed by atoms with E-state index in [-0.39, 0.29) is 4.83 Å². The Morgan fingerprint density at radius 3 is 2.35 bits per heavy atom. The third-order valence-corrected chi connectivity index (χ3v) is 5.68. The van der Waals surface area contributed by atoms with E-state index in [9.17, 15) is 0 Å². The summed E-state index contributed by atoms with van der Waals surface area (Å²) in [6, 6.07) is 14.9. The molecular formula is C14H11Br2I. The lowest BCUT2D eigenvalue weighted by molar-refractivity contribution is 1.15. The lowest BCUT2D eigenvalue weighted by atomic mass is 10.0. The van der Waals surface area contributed by atoms with Gasteiger partial charge >= 0.3 is 0 Å². The number of benzene rings is 2. The quantitative estimate of drug-likeness (QED) is 0.386. The minimum atomic E-state index is 0.252. The van der Waals surface area contributed by atoms with Gasteiger partial charge in [-0.25, -0.2) is 0 Å². The van der Waals surface area contributed by atoms with Crippen LogP contribution < -0.4 is 0 Å². The third-order valence-electron chi connectivity index (χ3n) is 2.66. The maximum Gasteiger partial charge on any atom is 0.0655 e. The number of alkyl halides is 1. The average molecular weight is 466 g/mol. The maximum atomic E-state index is 3.78. The fraction of sp³-hybridized carbons (Fsp3) is 0.143. The highest BCUT2D eigenvalue weighted by atomic mass is 127. The zero-order chi connectivity index (χ0) is 12.4. The van der Waals surface area contributed by atoms with Gasteiger partial charge in [0.1, 0.15) is 0 Å². The first kappa shape index (κ1) is 13.6. The van der Waals surface area contributed by atoms with Crippen LogP contribution in [0.3, 0.4) is 0 Å². The van der Waals surface area contributed by atoms with Crippen molar-refractivity contribution in [2.24, 2.45) is 0 Å². The molecule has 2 rings (SSSR count). The SMILES string of the molecule is Cc1cccc(C(Br)c2ccc(Br)cc2)c1I. The van der Waals surface area contributed by atoms with E-state index in [1.54, 1.807) is 0 Å². The van der Waals surface area contributed by atoms with Crippen molar-refractivity contribution in [3.8, 4) is 0 Å². The molecule has 0 aliphatic rings. The van der Waals surface area contributed by atoms with Gasteiger partial charge in [0, 0.05) is 8.04 Å². The van der Waals surface area contributed by atoms with Gasteiger partial charge in [-0.05, 0) is 58.3 Å². The summed E-state index contributed by atoms with van der Waals surface area (Å²) in [5.41, 5.74) is 3.93. The summed E-state index contributed by atoms with van der Waals surface area (Å²) < 4.78 is 2.44. The van der Waals surface area contributed by atoms with Gasteiger partial charge in [-0.3, -0.25) is 0 Å². The van der Waals surface area contributed by atoms with E-state index >= 15 is 0 Å². The lowest BCUT2D eigenvalue weighted by Gasteiger charge is -2.14. The van der Waals surface area contributed by atoms with E-state index in [0.29, 0.717) is 0 Å². The van der Waals surface area contributed by atoms with E-state index in [1.807, 2.05) is 0 Å². The number of halogens is 3. The molecule has 0 aliphatic heterocycles. The van der Waals surface area contributed by atoms with Gasteiger partial charge in [0.05, 0.1) is 4.83 Å². The number of hydrogen-bond donors (Lipinski definition) is 0. The second-order valence-electron chi connectivity index (χ2n) is 3.89. The molecule has 2 aromatic rings. The van der Waals surface area contributed by atoms with Crippen LogP contribution in [0.25, 0.3) is 0 Å². The van der Waals surface area contributed by atoms with Crippen LogP contribution in [0.2, 0.25) is 0 Å². The summed E-state index contributed by atoms with van der Waals surface area (Å²) in [5, 5.41) is 0.